The summed E-state index contributed by atoms with van der Waals surface area (Å²) in [6.07, 6.45) is 4.61. The number of aromatic nitrogens is 2. The quantitative estimate of drug-likeness (QED) is 0.311. The summed E-state index contributed by atoms with van der Waals surface area (Å²) in [4.78, 5) is 11.5. The number of nitrogens with two attached hydrogens (primary N) is 1. The standard InChI is InChI=1S/C28H35N5O4/c29-25-19-21(5-6-27(25)37-23-8-15-34-16-9-23)26-7-10-30-28(32-26)31-22-3-1-4-24(20-22)36-14-2-11-33-12-17-35-18-13-33/h1,3-7,10,19-20,23H,2,8-9,11-18,29H2,(H,30,31,32). The molecule has 9 heteroatoms. The second-order valence-electron chi connectivity index (χ2n) is 9.26. The largest absolute Gasteiger partial charge is 0.493 e. The molecule has 2 aliphatic rings. The molecule has 0 amide bonds. The van der Waals surface area contributed by atoms with Crippen LogP contribution in [0.3, 0.4) is 0 Å². The lowest BCUT2D eigenvalue weighted by atomic mass is 10.1. The Hall–Kier alpha value is -3.40. The highest BCUT2D eigenvalue weighted by Gasteiger charge is 2.17. The zero-order valence-electron chi connectivity index (χ0n) is 21.1. The molecular weight excluding hydrogens is 470 g/mol. The average Bonchev–Trinajstić information content (AvgIpc) is 2.94. The van der Waals surface area contributed by atoms with Crippen molar-refractivity contribution in [2.24, 2.45) is 0 Å². The summed E-state index contributed by atoms with van der Waals surface area (Å²) in [5.74, 6) is 2.02. The van der Waals surface area contributed by atoms with Crippen molar-refractivity contribution in [3.8, 4) is 22.8 Å². The van der Waals surface area contributed by atoms with Gasteiger partial charge < -0.3 is 30.0 Å². The summed E-state index contributed by atoms with van der Waals surface area (Å²) in [5.41, 5.74) is 9.44. The van der Waals surface area contributed by atoms with Crippen LogP contribution in [-0.2, 0) is 9.47 Å². The van der Waals surface area contributed by atoms with E-state index in [9.17, 15) is 0 Å². The normalized spacial score (nSPS) is 16.9. The molecule has 1 aromatic heterocycles. The van der Waals surface area contributed by atoms with E-state index in [-0.39, 0.29) is 6.10 Å². The lowest BCUT2D eigenvalue weighted by molar-refractivity contribution is 0.0259. The molecule has 2 saturated heterocycles. The Balaban J connectivity index is 1.17. The van der Waals surface area contributed by atoms with Crippen LogP contribution in [0.15, 0.2) is 54.7 Å². The van der Waals surface area contributed by atoms with Crippen LogP contribution in [0.1, 0.15) is 19.3 Å². The number of ether oxygens (including phenoxy) is 4. The third kappa shape index (κ3) is 7.31. The zero-order valence-corrected chi connectivity index (χ0v) is 21.1. The van der Waals surface area contributed by atoms with Crippen molar-refractivity contribution in [1.29, 1.82) is 0 Å². The van der Waals surface area contributed by atoms with Crippen molar-refractivity contribution in [2.75, 3.05) is 63.7 Å². The summed E-state index contributed by atoms with van der Waals surface area (Å²) in [7, 11) is 0. The summed E-state index contributed by atoms with van der Waals surface area (Å²) in [5, 5.41) is 3.28. The molecule has 9 nitrogen and oxygen atoms in total. The van der Waals surface area contributed by atoms with Crippen LogP contribution < -0.4 is 20.5 Å². The minimum atomic E-state index is 0.140. The van der Waals surface area contributed by atoms with Crippen molar-refractivity contribution in [3.63, 3.8) is 0 Å². The van der Waals surface area contributed by atoms with Crippen molar-refractivity contribution in [3.05, 3.63) is 54.7 Å². The van der Waals surface area contributed by atoms with Gasteiger partial charge in [-0.15, -0.1) is 0 Å². The number of anilines is 3. The van der Waals surface area contributed by atoms with Gasteiger partial charge in [0.25, 0.3) is 0 Å². The fourth-order valence-corrected chi connectivity index (χ4v) is 4.46. The minimum absolute atomic E-state index is 0.140. The number of rotatable bonds is 10. The van der Waals surface area contributed by atoms with Gasteiger partial charge in [0.15, 0.2) is 0 Å². The van der Waals surface area contributed by atoms with E-state index in [1.807, 2.05) is 48.5 Å². The molecule has 5 rings (SSSR count). The topological polar surface area (TPSA) is 104 Å². The highest BCUT2D eigenvalue weighted by Crippen LogP contribution is 2.30. The van der Waals surface area contributed by atoms with Crippen LogP contribution in [0.4, 0.5) is 17.3 Å². The van der Waals surface area contributed by atoms with Crippen LogP contribution in [0.5, 0.6) is 11.5 Å². The van der Waals surface area contributed by atoms with E-state index in [0.29, 0.717) is 24.0 Å². The van der Waals surface area contributed by atoms with Crippen LogP contribution in [0.2, 0.25) is 0 Å². The predicted molar refractivity (Wildman–Crippen MR) is 143 cm³/mol. The lowest BCUT2D eigenvalue weighted by Gasteiger charge is -2.26. The second-order valence-corrected chi connectivity index (χ2v) is 9.26. The van der Waals surface area contributed by atoms with E-state index in [2.05, 4.69) is 20.2 Å². The number of nitrogens with zero attached hydrogens (tertiary/aromatic N) is 3. The first-order valence-electron chi connectivity index (χ1n) is 13.0. The van der Waals surface area contributed by atoms with Crippen molar-refractivity contribution < 1.29 is 18.9 Å². The number of benzene rings is 2. The summed E-state index contributed by atoms with van der Waals surface area (Å²) >= 11 is 0. The molecule has 2 fully saturated rings. The molecule has 196 valence electrons. The Labute approximate surface area is 217 Å². The number of nitrogens with one attached hydrogen (secondary N) is 1. The van der Waals surface area contributed by atoms with Crippen LogP contribution in [0.25, 0.3) is 11.3 Å². The molecule has 3 aromatic rings. The summed E-state index contributed by atoms with van der Waals surface area (Å²) < 4.78 is 22.9. The van der Waals surface area contributed by atoms with Gasteiger partial charge in [-0.05, 0) is 42.8 Å². The lowest BCUT2D eigenvalue weighted by Crippen LogP contribution is -2.37. The van der Waals surface area contributed by atoms with Gasteiger partial charge in [0.2, 0.25) is 5.95 Å². The summed E-state index contributed by atoms with van der Waals surface area (Å²) in [6, 6.07) is 15.5. The molecule has 0 aliphatic carbocycles. The third-order valence-corrected chi connectivity index (χ3v) is 6.50. The van der Waals surface area contributed by atoms with Crippen LogP contribution in [-0.4, -0.2) is 73.6 Å². The van der Waals surface area contributed by atoms with Crippen LogP contribution >= 0.6 is 0 Å². The molecule has 37 heavy (non-hydrogen) atoms. The molecule has 3 N–H and O–H groups in total. The highest BCUT2D eigenvalue weighted by molar-refractivity contribution is 5.69. The van der Waals surface area contributed by atoms with Gasteiger partial charge in [0.1, 0.15) is 17.6 Å². The second kappa shape index (κ2) is 12.7. The average molecular weight is 506 g/mol. The molecule has 0 saturated carbocycles. The number of morpholine rings is 1. The predicted octanol–water partition coefficient (Wildman–Crippen LogP) is 4.13. The highest BCUT2D eigenvalue weighted by atomic mass is 16.5. The van der Waals surface area contributed by atoms with Gasteiger partial charge in [-0.2, -0.15) is 0 Å². The molecule has 0 spiro atoms. The first kappa shape index (κ1) is 25.3. The molecule has 2 aromatic carbocycles. The Morgan fingerprint density at radius 3 is 2.68 bits per heavy atom. The third-order valence-electron chi connectivity index (χ3n) is 6.50. The molecule has 3 heterocycles. The first-order valence-corrected chi connectivity index (χ1v) is 13.0. The summed E-state index contributed by atoms with van der Waals surface area (Å²) in [6.45, 7) is 6.78. The zero-order chi connectivity index (χ0) is 25.3. The molecule has 0 unspecified atom stereocenters. The number of hydrogen-bond donors (Lipinski definition) is 2. The Morgan fingerprint density at radius 2 is 1.84 bits per heavy atom. The smallest absolute Gasteiger partial charge is 0.227 e. The van der Waals surface area contributed by atoms with Gasteiger partial charge in [0.05, 0.1) is 44.4 Å². The fourth-order valence-electron chi connectivity index (χ4n) is 4.46. The molecular formula is C28H35N5O4. The first-order chi connectivity index (χ1) is 18.2. The number of hydrogen-bond acceptors (Lipinski definition) is 9. The van der Waals surface area contributed by atoms with Gasteiger partial charge in [-0.3, -0.25) is 4.90 Å². The maximum Gasteiger partial charge on any atom is 0.227 e. The van der Waals surface area contributed by atoms with Gasteiger partial charge in [0, 0.05) is 56.0 Å². The van der Waals surface area contributed by atoms with E-state index in [1.165, 1.54) is 0 Å². The minimum Gasteiger partial charge on any atom is -0.493 e. The van der Waals surface area contributed by atoms with E-state index < -0.39 is 0 Å². The van der Waals surface area contributed by atoms with Gasteiger partial charge in [-0.25, -0.2) is 9.97 Å². The van der Waals surface area contributed by atoms with Gasteiger partial charge >= 0.3 is 0 Å². The molecule has 0 radical (unpaired) electrons. The Bertz CT molecular complexity index is 1150. The van der Waals surface area contributed by atoms with E-state index >= 15 is 0 Å². The van der Waals surface area contributed by atoms with Crippen molar-refractivity contribution >= 4 is 17.3 Å². The van der Waals surface area contributed by atoms with Crippen molar-refractivity contribution in [2.45, 2.75) is 25.4 Å². The van der Waals surface area contributed by atoms with Gasteiger partial charge in [-0.1, -0.05) is 6.07 Å². The maximum atomic E-state index is 6.31. The Kier molecular flexibility index (Phi) is 8.68. The molecule has 0 atom stereocenters. The van der Waals surface area contributed by atoms with Crippen molar-refractivity contribution in [1.82, 2.24) is 14.9 Å². The molecule has 2 aliphatic heterocycles. The SMILES string of the molecule is Nc1cc(-c2ccnc(Nc3cccc(OCCCN4CCOCC4)c3)n2)ccc1OC1CCOCC1. The Morgan fingerprint density at radius 1 is 1.00 bits per heavy atom. The fraction of sp³-hybridized carbons (Fsp3) is 0.429. The van der Waals surface area contributed by atoms with Crippen LogP contribution in [0, 0.1) is 0 Å². The van der Waals surface area contributed by atoms with E-state index in [1.54, 1.807) is 6.20 Å². The maximum absolute atomic E-state index is 6.31. The number of nitrogen functional groups attached to an aromatic ring is 1. The van der Waals surface area contributed by atoms with E-state index in [4.69, 9.17) is 24.7 Å². The molecule has 0 bridgehead atoms. The monoisotopic (exact) mass is 505 g/mol. The van der Waals surface area contributed by atoms with E-state index in [0.717, 1.165) is 88.0 Å².